The molecule has 17 heavy (non-hydrogen) atoms. The maximum Gasteiger partial charge on any atom is 0.255 e. The summed E-state index contributed by atoms with van der Waals surface area (Å²) in [6.45, 7) is 3.43. The molecule has 0 aliphatic carbocycles. The summed E-state index contributed by atoms with van der Waals surface area (Å²) in [5.74, 6) is -1.20. The van der Waals surface area contributed by atoms with Gasteiger partial charge in [-0.15, -0.1) is 0 Å². The van der Waals surface area contributed by atoms with Gasteiger partial charge in [0.05, 0.1) is 11.1 Å². The molecule has 1 saturated heterocycles. The van der Waals surface area contributed by atoms with E-state index >= 15 is 0 Å². The highest BCUT2D eigenvalue weighted by molar-refractivity contribution is 5.97. The van der Waals surface area contributed by atoms with Crippen molar-refractivity contribution in [1.82, 2.24) is 10.6 Å². The van der Waals surface area contributed by atoms with Crippen LogP contribution >= 0.6 is 0 Å². The maximum atomic E-state index is 13.0. The third kappa shape index (κ3) is 2.55. The fraction of sp³-hybridized carbons (Fsp3) is 0.417. The number of carbonyl (C=O) groups excluding carboxylic acids is 1. The van der Waals surface area contributed by atoms with Gasteiger partial charge in [0.1, 0.15) is 11.6 Å². The van der Waals surface area contributed by atoms with Gasteiger partial charge in [-0.25, -0.2) is 4.39 Å². The summed E-state index contributed by atoms with van der Waals surface area (Å²) in [5.41, 5.74) is -0.367. The van der Waals surface area contributed by atoms with Gasteiger partial charge in [-0.3, -0.25) is 4.79 Å². The number of rotatable bonds is 2. The Balaban J connectivity index is 2.17. The predicted octanol–water partition coefficient (Wildman–Crippen LogP) is 1.01. The molecule has 1 unspecified atom stereocenters. The first kappa shape index (κ1) is 11.9. The number of aromatic hydroxyl groups is 1. The molecule has 1 fully saturated rings. The van der Waals surface area contributed by atoms with Crippen molar-refractivity contribution in [1.29, 1.82) is 0 Å². The molecule has 1 aromatic carbocycles. The number of halogens is 1. The first-order chi connectivity index (χ1) is 8.00. The molecule has 0 spiro atoms. The zero-order chi connectivity index (χ0) is 12.5. The number of carbonyl (C=O) groups is 1. The van der Waals surface area contributed by atoms with E-state index in [1.165, 1.54) is 6.07 Å². The number of phenols is 1. The van der Waals surface area contributed by atoms with Crippen molar-refractivity contribution >= 4 is 5.91 Å². The molecule has 0 saturated carbocycles. The van der Waals surface area contributed by atoms with Crippen LogP contribution in [-0.2, 0) is 0 Å². The molecule has 1 aliphatic rings. The third-order valence-corrected chi connectivity index (χ3v) is 2.99. The predicted molar refractivity (Wildman–Crippen MR) is 61.4 cm³/mol. The largest absolute Gasteiger partial charge is 0.507 e. The van der Waals surface area contributed by atoms with Crippen LogP contribution in [0.2, 0.25) is 0 Å². The SMILES string of the molecule is CC1(NC(=O)c2cc(F)ccc2O)CCNC1. The summed E-state index contributed by atoms with van der Waals surface area (Å²) in [6, 6.07) is 3.33. The first-order valence-electron chi connectivity index (χ1n) is 5.52. The van der Waals surface area contributed by atoms with Crippen molar-refractivity contribution < 1.29 is 14.3 Å². The molecule has 0 radical (unpaired) electrons. The molecule has 1 aromatic rings. The smallest absolute Gasteiger partial charge is 0.255 e. The normalized spacial score (nSPS) is 23.6. The topological polar surface area (TPSA) is 61.4 Å². The Labute approximate surface area is 98.8 Å². The highest BCUT2D eigenvalue weighted by Crippen LogP contribution is 2.20. The monoisotopic (exact) mass is 238 g/mol. The van der Waals surface area contributed by atoms with Crippen molar-refractivity contribution in [3.05, 3.63) is 29.6 Å². The lowest BCUT2D eigenvalue weighted by Gasteiger charge is -2.24. The molecule has 1 heterocycles. The van der Waals surface area contributed by atoms with E-state index in [9.17, 15) is 14.3 Å². The second-order valence-electron chi connectivity index (χ2n) is 4.60. The zero-order valence-corrected chi connectivity index (χ0v) is 9.59. The molecule has 1 aliphatic heterocycles. The zero-order valence-electron chi connectivity index (χ0n) is 9.59. The summed E-state index contributed by atoms with van der Waals surface area (Å²) in [7, 11) is 0. The van der Waals surface area contributed by atoms with Crippen LogP contribution in [0.1, 0.15) is 23.7 Å². The Bertz CT molecular complexity index is 442. The van der Waals surface area contributed by atoms with Gasteiger partial charge in [-0.1, -0.05) is 0 Å². The van der Waals surface area contributed by atoms with Crippen LogP contribution in [0, 0.1) is 5.82 Å². The lowest BCUT2D eigenvalue weighted by molar-refractivity contribution is 0.0910. The quantitative estimate of drug-likeness (QED) is 0.720. The number of nitrogens with one attached hydrogen (secondary N) is 2. The summed E-state index contributed by atoms with van der Waals surface area (Å²) in [5, 5.41) is 15.5. The van der Waals surface area contributed by atoms with Crippen molar-refractivity contribution in [3.63, 3.8) is 0 Å². The van der Waals surface area contributed by atoms with Crippen LogP contribution in [0.25, 0.3) is 0 Å². The fourth-order valence-corrected chi connectivity index (χ4v) is 1.96. The maximum absolute atomic E-state index is 13.0. The van der Waals surface area contributed by atoms with Crippen molar-refractivity contribution in [2.45, 2.75) is 18.9 Å². The lowest BCUT2D eigenvalue weighted by atomic mass is 10.0. The Morgan fingerprint density at radius 1 is 1.59 bits per heavy atom. The van der Waals surface area contributed by atoms with Gasteiger partial charge in [0.25, 0.3) is 5.91 Å². The van der Waals surface area contributed by atoms with Crippen LogP contribution in [0.4, 0.5) is 4.39 Å². The van der Waals surface area contributed by atoms with Gasteiger partial charge in [0.15, 0.2) is 0 Å². The summed E-state index contributed by atoms with van der Waals surface area (Å²) < 4.78 is 13.0. The van der Waals surface area contributed by atoms with E-state index in [2.05, 4.69) is 10.6 Å². The summed E-state index contributed by atoms with van der Waals surface area (Å²) in [4.78, 5) is 11.9. The van der Waals surface area contributed by atoms with Crippen LogP contribution in [0.5, 0.6) is 5.75 Å². The van der Waals surface area contributed by atoms with E-state index < -0.39 is 11.7 Å². The van der Waals surface area contributed by atoms with E-state index in [1.54, 1.807) is 0 Å². The van der Waals surface area contributed by atoms with Gasteiger partial charge >= 0.3 is 0 Å². The van der Waals surface area contributed by atoms with Gasteiger partial charge in [-0.05, 0) is 38.1 Å². The Morgan fingerprint density at radius 3 is 3.00 bits per heavy atom. The minimum atomic E-state index is -0.539. The number of hydrogen-bond acceptors (Lipinski definition) is 3. The average Bonchev–Trinajstić information content (AvgIpc) is 2.68. The van der Waals surface area contributed by atoms with Crippen LogP contribution in [-0.4, -0.2) is 29.6 Å². The standard InChI is InChI=1S/C12H15FN2O2/c1-12(4-5-14-7-12)15-11(17)9-6-8(13)2-3-10(9)16/h2-3,6,14,16H,4-5,7H2,1H3,(H,15,17). The number of amides is 1. The Hall–Kier alpha value is -1.62. The number of phenolic OH excluding ortho intramolecular Hbond substituents is 1. The van der Waals surface area contributed by atoms with E-state index in [-0.39, 0.29) is 16.9 Å². The number of benzene rings is 1. The Kier molecular flexibility index (Phi) is 3.02. The third-order valence-electron chi connectivity index (χ3n) is 2.99. The second kappa shape index (κ2) is 4.33. The highest BCUT2D eigenvalue weighted by atomic mass is 19.1. The minimum absolute atomic E-state index is 0.0295. The van der Waals surface area contributed by atoms with Crippen LogP contribution in [0.15, 0.2) is 18.2 Å². The molecule has 0 aromatic heterocycles. The van der Waals surface area contributed by atoms with Crippen LogP contribution < -0.4 is 10.6 Å². The van der Waals surface area contributed by atoms with Crippen molar-refractivity contribution in [2.75, 3.05) is 13.1 Å². The fourth-order valence-electron chi connectivity index (χ4n) is 1.96. The highest BCUT2D eigenvalue weighted by Gasteiger charge is 2.31. The van der Waals surface area contributed by atoms with Crippen LogP contribution in [0.3, 0.4) is 0 Å². The van der Waals surface area contributed by atoms with Crippen molar-refractivity contribution in [2.24, 2.45) is 0 Å². The summed E-state index contributed by atoms with van der Waals surface area (Å²) in [6.07, 6.45) is 0.814. The Morgan fingerprint density at radius 2 is 2.35 bits per heavy atom. The molecule has 2 rings (SSSR count). The van der Waals surface area contributed by atoms with Gasteiger partial charge in [-0.2, -0.15) is 0 Å². The van der Waals surface area contributed by atoms with Gasteiger partial charge in [0, 0.05) is 6.54 Å². The van der Waals surface area contributed by atoms with Gasteiger partial charge < -0.3 is 15.7 Å². The average molecular weight is 238 g/mol. The van der Waals surface area contributed by atoms with E-state index in [1.807, 2.05) is 6.92 Å². The molecule has 1 atom stereocenters. The molecular weight excluding hydrogens is 223 g/mol. The molecule has 92 valence electrons. The molecule has 3 N–H and O–H groups in total. The number of hydrogen-bond donors (Lipinski definition) is 3. The molecule has 4 nitrogen and oxygen atoms in total. The van der Waals surface area contributed by atoms with Gasteiger partial charge in [0.2, 0.25) is 0 Å². The minimum Gasteiger partial charge on any atom is -0.507 e. The molecule has 5 heteroatoms. The molecule has 1 amide bonds. The van der Waals surface area contributed by atoms with Crippen molar-refractivity contribution in [3.8, 4) is 5.75 Å². The molecule has 0 bridgehead atoms. The lowest BCUT2D eigenvalue weighted by Crippen LogP contribution is -2.47. The van der Waals surface area contributed by atoms with E-state index in [0.29, 0.717) is 6.54 Å². The van der Waals surface area contributed by atoms with E-state index in [4.69, 9.17) is 0 Å². The second-order valence-corrected chi connectivity index (χ2v) is 4.60. The summed E-state index contributed by atoms with van der Waals surface area (Å²) >= 11 is 0. The molecular formula is C12H15FN2O2. The first-order valence-corrected chi connectivity index (χ1v) is 5.52. The van der Waals surface area contributed by atoms with E-state index in [0.717, 1.165) is 25.1 Å².